The van der Waals surface area contributed by atoms with Gasteiger partial charge in [0.15, 0.2) is 5.79 Å². The molecule has 4 nitrogen and oxygen atoms in total. The average molecular weight is 282 g/mol. The van der Waals surface area contributed by atoms with Gasteiger partial charge in [0.25, 0.3) is 0 Å². The molecule has 3 fully saturated rings. The molecule has 3 aliphatic rings. The third-order valence-corrected chi connectivity index (χ3v) is 5.46. The van der Waals surface area contributed by atoms with Gasteiger partial charge in [-0.15, -0.1) is 0 Å². The molecule has 0 bridgehead atoms. The maximum absolute atomic E-state index is 5.97. The van der Waals surface area contributed by atoms with Crippen LogP contribution in [0.4, 0.5) is 0 Å². The zero-order valence-electron chi connectivity index (χ0n) is 13.1. The Balaban J connectivity index is 1.67. The third-order valence-electron chi connectivity index (χ3n) is 5.46. The third kappa shape index (κ3) is 2.89. The zero-order chi connectivity index (χ0) is 14.0. The first-order valence-electron chi connectivity index (χ1n) is 8.47. The van der Waals surface area contributed by atoms with E-state index in [1.165, 1.54) is 32.1 Å². The van der Waals surface area contributed by atoms with E-state index < -0.39 is 0 Å². The summed E-state index contributed by atoms with van der Waals surface area (Å²) in [4.78, 5) is 2.61. The van der Waals surface area contributed by atoms with Gasteiger partial charge in [0, 0.05) is 31.0 Å². The number of likely N-dealkylation sites (N-methyl/N-ethyl adjacent to an activating group) is 1. The first-order chi connectivity index (χ1) is 9.74. The Morgan fingerprint density at radius 1 is 1.20 bits per heavy atom. The van der Waals surface area contributed by atoms with Crippen molar-refractivity contribution in [2.45, 2.75) is 75.8 Å². The van der Waals surface area contributed by atoms with Gasteiger partial charge in [0.05, 0.1) is 13.2 Å². The highest BCUT2D eigenvalue weighted by Crippen LogP contribution is 2.39. The van der Waals surface area contributed by atoms with Crippen LogP contribution in [-0.2, 0) is 9.47 Å². The Morgan fingerprint density at radius 2 is 1.95 bits per heavy atom. The van der Waals surface area contributed by atoms with E-state index in [-0.39, 0.29) is 5.79 Å². The van der Waals surface area contributed by atoms with Crippen LogP contribution < -0.4 is 5.32 Å². The molecule has 2 aliphatic carbocycles. The molecule has 1 saturated heterocycles. The van der Waals surface area contributed by atoms with Crippen LogP contribution in [0.25, 0.3) is 0 Å². The van der Waals surface area contributed by atoms with Crippen molar-refractivity contribution < 1.29 is 9.47 Å². The molecule has 1 heterocycles. The number of nitrogens with one attached hydrogen (secondary N) is 1. The molecule has 0 aromatic carbocycles. The van der Waals surface area contributed by atoms with E-state index in [2.05, 4.69) is 24.2 Å². The highest BCUT2D eigenvalue weighted by molar-refractivity contribution is 4.98. The van der Waals surface area contributed by atoms with E-state index >= 15 is 0 Å². The van der Waals surface area contributed by atoms with Gasteiger partial charge in [-0.05, 0) is 39.3 Å². The maximum Gasteiger partial charge on any atom is 0.170 e. The summed E-state index contributed by atoms with van der Waals surface area (Å²) in [5.74, 6) is -0.271. The van der Waals surface area contributed by atoms with Gasteiger partial charge in [0.2, 0.25) is 0 Å². The molecule has 3 rings (SSSR count). The van der Waals surface area contributed by atoms with E-state index in [1.54, 1.807) is 0 Å². The monoisotopic (exact) mass is 282 g/mol. The molecule has 2 saturated carbocycles. The summed E-state index contributed by atoms with van der Waals surface area (Å²) < 4.78 is 11.9. The zero-order valence-corrected chi connectivity index (χ0v) is 13.1. The van der Waals surface area contributed by atoms with Crippen LogP contribution in [0.5, 0.6) is 0 Å². The Kier molecular flexibility index (Phi) is 4.65. The molecule has 116 valence electrons. The molecule has 0 radical (unpaired) electrons. The molecule has 0 aromatic heterocycles. The molecule has 20 heavy (non-hydrogen) atoms. The standard InChI is InChI=1S/C16H30N2O2/c1-3-9-17-14-7-8-16(19-10-11-20-16)12-15(14)18(2)13-5-4-6-13/h13-15,17H,3-12H2,1-2H3. The fourth-order valence-corrected chi connectivity index (χ4v) is 3.95. The van der Waals surface area contributed by atoms with E-state index in [0.717, 1.165) is 38.6 Å². The van der Waals surface area contributed by atoms with E-state index in [9.17, 15) is 0 Å². The lowest BCUT2D eigenvalue weighted by Crippen LogP contribution is -2.59. The Bertz CT molecular complexity index is 314. The van der Waals surface area contributed by atoms with Crippen LogP contribution in [0.3, 0.4) is 0 Å². The van der Waals surface area contributed by atoms with Crippen molar-refractivity contribution in [1.82, 2.24) is 10.2 Å². The summed E-state index contributed by atoms with van der Waals surface area (Å²) in [6, 6.07) is 1.93. The lowest BCUT2D eigenvalue weighted by Gasteiger charge is -2.49. The molecule has 1 spiro atoms. The quantitative estimate of drug-likeness (QED) is 0.837. The fraction of sp³-hybridized carbons (Fsp3) is 1.00. The van der Waals surface area contributed by atoms with Crippen LogP contribution in [0.15, 0.2) is 0 Å². The Morgan fingerprint density at radius 3 is 2.55 bits per heavy atom. The summed E-state index contributed by atoms with van der Waals surface area (Å²) in [7, 11) is 2.31. The SMILES string of the molecule is CCCNC1CCC2(CC1N(C)C1CCC1)OCCO2. The summed E-state index contributed by atoms with van der Waals surface area (Å²) in [6.07, 6.45) is 8.57. The molecule has 0 aromatic rings. The second-order valence-corrected chi connectivity index (χ2v) is 6.73. The van der Waals surface area contributed by atoms with E-state index in [4.69, 9.17) is 9.47 Å². The fourth-order valence-electron chi connectivity index (χ4n) is 3.95. The van der Waals surface area contributed by atoms with Crippen molar-refractivity contribution in [3.8, 4) is 0 Å². The van der Waals surface area contributed by atoms with Gasteiger partial charge in [-0.1, -0.05) is 13.3 Å². The molecule has 2 unspecified atom stereocenters. The van der Waals surface area contributed by atoms with Crippen molar-refractivity contribution in [3.63, 3.8) is 0 Å². The van der Waals surface area contributed by atoms with Crippen LogP contribution in [-0.4, -0.2) is 55.6 Å². The lowest BCUT2D eigenvalue weighted by atomic mass is 9.81. The number of ether oxygens (including phenoxy) is 2. The van der Waals surface area contributed by atoms with E-state index in [1.807, 2.05) is 0 Å². The topological polar surface area (TPSA) is 33.7 Å². The molecule has 1 aliphatic heterocycles. The minimum Gasteiger partial charge on any atom is -0.347 e. The minimum absolute atomic E-state index is 0.271. The molecular weight excluding hydrogens is 252 g/mol. The molecular formula is C16H30N2O2. The molecule has 2 atom stereocenters. The smallest absolute Gasteiger partial charge is 0.170 e. The first kappa shape index (κ1) is 14.8. The van der Waals surface area contributed by atoms with E-state index in [0.29, 0.717) is 12.1 Å². The average Bonchev–Trinajstić information content (AvgIpc) is 2.83. The predicted molar refractivity (Wildman–Crippen MR) is 79.8 cm³/mol. The van der Waals surface area contributed by atoms with Gasteiger partial charge in [-0.25, -0.2) is 0 Å². The second kappa shape index (κ2) is 6.30. The summed E-state index contributed by atoms with van der Waals surface area (Å²) in [5, 5.41) is 3.76. The lowest BCUT2D eigenvalue weighted by molar-refractivity contribution is -0.195. The minimum atomic E-state index is -0.271. The van der Waals surface area contributed by atoms with Crippen LogP contribution in [0, 0.1) is 0 Å². The number of nitrogens with zero attached hydrogens (tertiary/aromatic N) is 1. The highest BCUT2D eigenvalue weighted by atomic mass is 16.7. The van der Waals surface area contributed by atoms with Gasteiger partial charge < -0.3 is 14.8 Å². The predicted octanol–water partition coefficient (Wildman–Crippen LogP) is 2.13. The number of hydrogen-bond donors (Lipinski definition) is 1. The number of hydrogen-bond acceptors (Lipinski definition) is 4. The molecule has 4 heteroatoms. The van der Waals surface area contributed by atoms with Crippen molar-refractivity contribution >= 4 is 0 Å². The van der Waals surface area contributed by atoms with Crippen molar-refractivity contribution in [2.24, 2.45) is 0 Å². The summed E-state index contributed by atoms with van der Waals surface area (Å²) in [5.41, 5.74) is 0. The number of rotatable bonds is 5. The second-order valence-electron chi connectivity index (χ2n) is 6.73. The largest absolute Gasteiger partial charge is 0.347 e. The maximum atomic E-state index is 5.97. The van der Waals surface area contributed by atoms with Crippen molar-refractivity contribution in [3.05, 3.63) is 0 Å². The Labute approximate surface area is 123 Å². The van der Waals surface area contributed by atoms with Gasteiger partial charge in [-0.3, -0.25) is 4.90 Å². The van der Waals surface area contributed by atoms with Gasteiger partial charge in [-0.2, -0.15) is 0 Å². The van der Waals surface area contributed by atoms with Gasteiger partial charge >= 0.3 is 0 Å². The van der Waals surface area contributed by atoms with Crippen molar-refractivity contribution in [2.75, 3.05) is 26.8 Å². The first-order valence-corrected chi connectivity index (χ1v) is 8.47. The summed E-state index contributed by atoms with van der Waals surface area (Å²) >= 11 is 0. The highest BCUT2D eigenvalue weighted by Gasteiger charge is 2.47. The summed E-state index contributed by atoms with van der Waals surface area (Å²) in [6.45, 7) is 4.90. The normalized spacial score (nSPS) is 33.8. The van der Waals surface area contributed by atoms with Crippen LogP contribution >= 0.6 is 0 Å². The molecule has 0 amide bonds. The Hall–Kier alpha value is -0.160. The van der Waals surface area contributed by atoms with Gasteiger partial charge in [0.1, 0.15) is 0 Å². The van der Waals surface area contributed by atoms with Crippen LogP contribution in [0.2, 0.25) is 0 Å². The van der Waals surface area contributed by atoms with Crippen LogP contribution in [0.1, 0.15) is 51.9 Å². The van der Waals surface area contributed by atoms with Crippen molar-refractivity contribution in [1.29, 1.82) is 0 Å². The molecule has 1 N–H and O–H groups in total.